The van der Waals surface area contributed by atoms with Gasteiger partial charge in [0.1, 0.15) is 0 Å². The molecule has 0 bridgehead atoms. The van der Waals surface area contributed by atoms with E-state index in [9.17, 15) is 0 Å². The summed E-state index contributed by atoms with van der Waals surface area (Å²) in [4.78, 5) is 1.18. The number of rotatable bonds is 2. The van der Waals surface area contributed by atoms with Gasteiger partial charge in [-0.3, -0.25) is 0 Å². The highest BCUT2D eigenvalue weighted by molar-refractivity contribution is 8.00. The van der Waals surface area contributed by atoms with E-state index in [2.05, 4.69) is 11.4 Å². The molecule has 2 nitrogen and oxygen atoms in total. The van der Waals surface area contributed by atoms with Gasteiger partial charge in [0, 0.05) is 16.5 Å². The zero-order chi connectivity index (χ0) is 9.80. The van der Waals surface area contributed by atoms with Crippen molar-refractivity contribution < 1.29 is 4.74 Å². The quantitative estimate of drug-likeness (QED) is 0.842. The number of halogens is 1. The van der Waals surface area contributed by atoms with Gasteiger partial charge in [-0.25, -0.2) is 0 Å². The lowest BCUT2D eigenvalue weighted by Gasteiger charge is -2.23. The average Bonchev–Trinajstić information content (AvgIpc) is 2.19. The Morgan fingerprint density at radius 2 is 2.43 bits per heavy atom. The van der Waals surface area contributed by atoms with E-state index in [1.54, 1.807) is 11.8 Å². The Kier molecular flexibility index (Phi) is 3.70. The summed E-state index contributed by atoms with van der Waals surface area (Å²) in [5, 5.41) is 4.52. The number of hydrogen-bond acceptors (Lipinski definition) is 3. The van der Waals surface area contributed by atoms with Crippen molar-refractivity contribution in [3.63, 3.8) is 0 Å². The summed E-state index contributed by atoms with van der Waals surface area (Å²) in [5.41, 5.74) is 0. The fourth-order valence-corrected chi connectivity index (χ4v) is 2.62. The molecule has 0 amide bonds. The lowest BCUT2D eigenvalue weighted by Crippen LogP contribution is -2.38. The van der Waals surface area contributed by atoms with Crippen molar-refractivity contribution in [2.45, 2.75) is 10.3 Å². The van der Waals surface area contributed by atoms with E-state index < -0.39 is 0 Å². The van der Waals surface area contributed by atoms with E-state index in [4.69, 9.17) is 16.3 Å². The molecular formula is C10H12ClNOS. The summed E-state index contributed by atoms with van der Waals surface area (Å²) in [5.74, 6) is 0. The first-order valence-corrected chi connectivity index (χ1v) is 5.84. The van der Waals surface area contributed by atoms with Crippen molar-refractivity contribution in [1.29, 1.82) is 0 Å². The van der Waals surface area contributed by atoms with Crippen molar-refractivity contribution in [3.05, 3.63) is 29.3 Å². The van der Waals surface area contributed by atoms with Gasteiger partial charge in [0.25, 0.3) is 0 Å². The third kappa shape index (κ3) is 2.89. The molecular weight excluding hydrogens is 218 g/mol. The van der Waals surface area contributed by atoms with Crippen molar-refractivity contribution in [3.8, 4) is 0 Å². The fourth-order valence-electron chi connectivity index (χ4n) is 1.32. The second-order valence-electron chi connectivity index (χ2n) is 3.09. The maximum atomic E-state index is 5.90. The van der Waals surface area contributed by atoms with E-state index in [1.165, 1.54) is 4.90 Å². The van der Waals surface area contributed by atoms with Gasteiger partial charge in [-0.1, -0.05) is 17.7 Å². The SMILES string of the molecule is Clc1cccc(SC2COCCN2)c1. The average molecular weight is 230 g/mol. The van der Waals surface area contributed by atoms with Crippen LogP contribution in [-0.4, -0.2) is 25.1 Å². The zero-order valence-electron chi connectivity index (χ0n) is 7.70. The molecule has 1 saturated heterocycles. The Labute approximate surface area is 93.0 Å². The summed E-state index contributed by atoms with van der Waals surface area (Å²) < 4.78 is 5.37. The molecule has 1 fully saturated rings. The summed E-state index contributed by atoms with van der Waals surface area (Å²) in [7, 11) is 0. The first-order chi connectivity index (χ1) is 6.84. The molecule has 1 aliphatic rings. The lowest BCUT2D eigenvalue weighted by atomic mass is 10.4. The van der Waals surface area contributed by atoms with Crippen LogP contribution >= 0.6 is 23.4 Å². The van der Waals surface area contributed by atoms with E-state index in [1.807, 2.05) is 18.2 Å². The van der Waals surface area contributed by atoms with Crippen LogP contribution in [0.25, 0.3) is 0 Å². The zero-order valence-corrected chi connectivity index (χ0v) is 9.27. The molecule has 0 spiro atoms. The Bertz CT molecular complexity index is 302. The molecule has 0 aliphatic carbocycles. The third-order valence-corrected chi connectivity index (χ3v) is 3.31. The monoisotopic (exact) mass is 229 g/mol. The molecule has 1 aromatic carbocycles. The number of thioether (sulfide) groups is 1. The molecule has 1 atom stereocenters. The van der Waals surface area contributed by atoms with Gasteiger partial charge in [-0.2, -0.15) is 0 Å². The van der Waals surface area contributed by atoms with Gasteiger partial charge in [0.2, 0.25) is 0 Å². The molecule has 1 heterocycles. The Balaban J connectivity index is 1.95. The number of hydrogen-bond donors (Lipinski definition) is 1. The summed E-state index contributed by atoms with van der Waals surface area (Å²) in [6, 6.07) is 7.89. The van der Waals surface area contributed by atoms with Crippen LogP contribution in [0.4, 0.5) is 0 Å². The van der Waals surface area contributed by atoms with Gasteiger partial charge < -0.3 is 10.1 Å². The molecule has 1 aromatic rings. The van der Waals surface area contributed by atoms with Crippen LogP contribution in [0, 0.1) is 0 Å². The summed E-state index contributed by atoms with van der Waals surface area (Å²) >= 11 is 7.66. The van der Waals surface area contributed by atoms with Crippen molar-refractivity contribution in [2.24, 2.45) is 0 Å². The first kappa shape index (κ1) is 10.3. The highest BCUT2D eigenvalue weighted by Crippen LogP contribution is 2.25. The highest BCUT2D eigenvalue weighted by Gasteiger charge is 2.13. The highest BCUT2D eigenvalue weighted by atomic mass is 35.5. The Morgan fingerprint density at radius 1 is 1.50 bits per heavy atom. The normalized spacial score (nSPS) is 22.2. The molecule has 4 heteroatoms. The Hall–Kier alpha value is -0.220. The molecule has 1 aliphatic heterocycles. The molecule has 2 rings (SSSR count). The van der Waals surface area contributed by atoms with Crippen LogP contribution in [0.15, 0.2) is 29.2 Å². The molecule has 0 radical (unpaired) electrons. The van der Waals surface area contributed by atoms with Crippen LogP contribution in [0.2, 0.25) is 5.02 Å². The fraction of sp³-hybridized carbons (Fsp3) is 0.400. The maximum Gasteiger partial charge on any atom is 0.0817 e. The van der Waals surface area contributed by atoms with Crippen molar-refractivity contribution >= 4 is 23.4 Å². The second kappa shape index (κ2) is 5.03. The van der Waals surface area contributed by atoms with Crippen LogP contribution in [-0.2, 0) is 4.74 Å². The molecule has 1 N–H and O–H groups in total. The third-order valence-electron chi connectivity index (χ3n) is 1.96. The van der Waals surface area contributed by atoms with Crippen LogP contribution in [0.3, 0.4) is 0 Å². The van der Waals surface area contributed by atoms with Crippen molar-refractivity contribution in [2.75, 3.05) is 19.8 Å². The summed E-state index contributed by atoms with van der Waals surface area (Å²) in [6.07, 6.45) is 0. The van der Waals surface area contributed by atoms with E-state index in [0.717, 1.165) is 24.8 Å². The molecule has 76 valence electrons. The Morgan fingerprint density at radius 3 is 3.14 bits per heavy atom. The van der Waals surface area contributed by atoms with Crippen LogP contribution in [0.1, 0.15) is 0 Å². The predicted molar refractivity (Wildman–Crippen MR) is 59.9 cm³/mol. The lowest BCUT2D eigenvalue weighted by molar-refractivity contribution is 0.100. The minimum Gasteiger partial charge on any atom is -0.378 e. The number of nitrogens with one attached hydrogen (secondary N) is 1. The van der Waals surface area contributed by atoms with E-state index >= 15 is 0 Å². The van der Waals surface area contributed by atoms with Gasteiger partial charge in [-0.15, -0.1) is 11.8 Å². The van der Waals surface area contributed by atoms with Gasteiger partial charge in [0.15, 0.2) is 0 Å². The van der Waals surface area contributed by atoms with Gasteiger partial charge in [0.05, 0.1) is 18.6 Å². The summed E-state index contributed by atoms with van der Waals surface area (Å²) in [6.45, 7) is 2.50. The second-order valence-corrected chi connectivity index (χ2v) is 4.81. The van der Waals surface area contributed by atoms with E-state index in [-0.39, 0.29) is 0 Å². The molecule has 14 heavy (non-hydrogen) atoms. The van der Waals surface area contributed by atoms with E-state index in [0.29, 0.717) is 5.37 Å². The number of benzene rings is 1. The predicted octanol–water partition coefficient (Wildman–Crippen LogP) is 2.38. The smallest absolute Gasteiger partial charge is 0.0817 e. The standard InChI is InChI=1S/C10H12ClNOS/c11-8-2-1-3-9(6-8)14-10-7-13-5-4-12-10/h1-3,6,10,12H,4-5,7H2. The van der Waals surface area contributed by atoms with Crippen LogP contribution < -0.4 is 5.32 Å². The van der Waals surface area contributed by atoms with Crippen LogP contribution in [0.5, 0.6) is 0 Å². The minimum atomic E-state index is 0.349. The maximum absolute atomic E-state index is 5.90. The number of morpholine rings is 1. The topological polar surface area (TPSA) is 21.3 Å². The van der Waals surface area contributed by atoms with Gasteiger partial charge >= 0.3 is 0 Å². The largest absolute Gasteiger partial charge is 0.378 e. The minimum absolute atomic E-state index is 0.349. The van der Waals surface area contributed by atoms with Crippen molar-refractivity contribution in [1.82, 2.24) is 5.32 Å². The van der Waals surface area contributed by atoms with Gasteiger partial charge in [-0.05, 0) is 18.2 Å². The molecule has 0 aromatic heterocycles. The number of ether oxygens (including phenoxy) is 1. The first-order valence-electron chi connectivity index (χ1n) is 4.58. The molecule has 0 saturated carbocycles. The molecule has 1 unspecified atom stereocenters.